The lowest BCUT2D eigenvalue weighted by molar-refractivity contribution is 0.827. The highest BCUT2D eigenvalue weighted by Gasteiger charge is 2.11. The summed E-state index contributed by atoms with van der Waals surface area (Å²) in [5.41, 5.74) is 5.42. The van der Waals surface area contributed by atoms with Crippen molar-refractivity contribution in [3.63, 3.8) is 0 Å². The van der Waals surface area contributed by atoms with E-state index in [0.717, 1.165) is 27.7 Å². The van der Waals surface area contributed by atoms with Gasteiger partial charge in [0.15, 0.2) is 0 Å². The van der Waals surface area contributed by atoms with Gasteiger partial charge in [-0.15, -0.1) is 0 Å². The largest absolute Gasteiger partial charge is 0.236 e. The average Bonchev–Trinajstić information content (AvgIpc) is 2.43. The molecule has 0 amide bonds. The van der Waals surface area contributed by atoms with Gasteiger partial charge in [0.25, 0.3) is 0 Å². The standard InChI is InChI=1S/C13H15ClN2/c1-8-5-9(2)13(12(14)6-8)16-11(4)7-10(3)15-16/h5-7H,1-4H3. The van der Waals surface area contributed by atoms with Crippen molar-refractivity contribution in [1.29, 1.82) is 0 Å². The molecule has 0 spiro atoms. The van der Waals surface area contributed by atoms with Crippen LogP contribution < -0.4 is 0 Å². The van der Waals surface area contributed by atoms with E-state index in [9.17, 15) is 0 Å². The maximum atomic E-state index is 6.29. The van der Waals surface area contributed by atoms with Crippen LogP contribution >= 0.6 is 11.6 Å². The van der Waals surface area contributed by atoms with Crippen LogP contribution in [-0.2, 0) is 0 Å². The minimum atomic E-state index is 0.753. The van der Waals surface area contributed by atoms with Crippen LogP contribution in [-0.4, -0.2) is 9.78 Å². The molecule has 0 atom stereocenters. The number of aromatic nitrogens is 2. The van der Waals surface area contributed by atoms with Gasteiger partial charge in [-0.2, -0.15) is 5.10 Å². The van der Waals surface area contributed by atoms with Crippen molar-refractivity contribution < 1.29 is 0 Å². The second-order valence-corrected chi connectivity index (χ2v) is 4.66. The molecule has 1 aromatic carbocycles. The maximum Gasteiger partial charge on any atom is 0.0864 e. The molecule has 0 N–H and O–H groups in total. The van der Waals surface area contributed by atoms with Crippen LogP contribution in [0.4, 0.5) is 0 Å². The van der Waals surface area contributed by atoms with Crippen molar-refractivity contribution in [3.8, 4) is 5.69 Å². The Morgan fingerprint density at radius 2 is 1.75 bits per heavy atom. The van der Waals surface area contributed by atoms with Gasteiger partial charge < -0.3 is 0 Å². The summed E-state index contributed by atoms with van der Waals surface area (Å²) in [4.78, 5) is 0. The van der Waals surface area contributed by atoms with Crippen LogP contribution in [0, 0.1) is 27.7 Å². The monoisotopic (exact) mass is 234 g/mol. The Morgan fingerprint density at radius 3 is 2.25 bits per heavy atom. The predicted molar refractivity (Wildman–Crippen MR) is 67.5 cm³/mol. The third kappa shape index (κ3) is 1.85. The van der Waals surface area contributed by atoms with Gasteiger partial charge in [0.1, 0.15) is 0 Å². The minimum Gasteiger partial charge on any atom is -0.236 e. The highest BCUT2D eigenvalue weighted by molar-refractivity contribution is 6.32. The Kier molecular flexibility index (Phi) is 2.76. The zero-order valence-corrected chi connectivity index (χ0v) is 10.8. The van der Waals surface area contributed by atoms with Crippen LogP contribution in [0.2, 0.25) is 5.02 Å². The zero-order valence-electron chi connectivity index (χ0n) is 10.0. The summed E-state index contributed by atoms with van der Waals surface area (Å²) < 4.78 is 1.91. The highest BCUT2D eigenvalue weighted by atomic mass is 35.5. The normalized spacial score (nSPS) is 10.8. The average molecular weight is 235 g/mol. The van der Waals surface area contributed by atoms with Gasteiger partial charge in [0.2, 0.25) is 0 Å². The van der Waals surface area contributed by atoms with E-state index < -0.39 is 0 Å². The van der Waals surface area contributed by atoms with Gasteiger partial charge in [0, 0.05) is 5.69 Å². The lowest BCUT2D eigenvalue weighted by Crippen LogP contribution is -2.03. The maximum absolute atomic E-state index is 6.29. The van der Waals surface area contributed by atoms with E-state index >= 15 is 0 Å². The number of halogens is 1. The molecule has 84 valence electrons. The number of hydrogen-bond acceptors (Lipinski definition) is 1. The fourth-order valence-corrected chi connectivity index (χ4v) is 2.43. The molecule has 2 aromatic rings. The Morgan fingerprint density at radius 1 is 1.06 bits per heavy atom. The van der Waals surface area contributed by atoms with E-state index in [4.69, 9.17) is 11.6 Å². The first-order valence-corrected chi connectivity index (χ1v) is 5.67. The Bertz CT molecular complexity index is 518. The second kappa shape index (κ2) is 3.95. The van der Waals surface area contributed by atoms with Crippen molar-refractivity contribution in [2.75, 3.05) is 0 Å². The van der Waals surface area contributed by atoms with E-state index in [1.807, 2.05) is 31.5 Å². The number of nitrogens with zero attached hydrogens (tertiary/aromatic N) is 2. The quantitative estimate of drug-likeness (QED) is 0.735. The van der Waals surface area contributed by atoms with Gasteiger partial charge in [-0.05, 0) is 51.0 Å². The van der Waals surface area contributed by atoms with Gasteiger partial charge in [-0.1, -0.05) is 17.7 Å². The molecule has 16 heavy (non-hydrogen) atoms. The summed E-state index contributed by atoms with van der Waals surface area (Å²) in [5.74, 6) is 0. The van der Waals surface area contributed by atoms with Crippen LogP contribution in [0.15, 0.2) is 18.2 Å². The van der Waals surface area contributed by atoms with Gasteiger partial charge in [-0.3, -0.25) is 0 Å². The Labute approximate surface area is 101 Å². The molecular formula is C13H15ClN2. The first kappa shape index (κ1) is 11.2. The van der Waals surface area contributed by atoms with Crippen LogP contribution in [0.5, 0.6) is 0 Å². The topological polar surface area (TPSA) is 17.8 Å². The van der Waals surface area contributed by atoms with Gasteiger partial charge in [0.05, 0.1) is 16.4 Å². The molecular weight excluding hydrogens is 220 g/mol. The smallest absolute Gasteiger partial charge is 0.0864 e. The second-order valence-electron chi connectivity index (χ2n) is 4.25. The molecule has 2 rings (SSSR count). The molecule has 0 aliphatic heterocycles. The summed E-state index contributed by atoms with van der Waals surface area (Å²) in [6.45, 7) is 8.13. The lowest BCUT2D eigenvalue weighted by atomic mass is 10.1. The zero-order chi connectivity index (χ0) is 11.9. The van der Waals surface area contributed by atoms with Crippen LogP contribution in [0.3, 0.4) is 0 Å². The molecule has 0 aliphatic rings. The van der Waals surface area contributed by atoms with Crippen molar-refractivity contribution in [1.82, 2.24) is 9.78 Å². The summed E-state index contributed by atoms with van der Waals surface area (Å²) in [5, 5.41) is 5.22. The Balaban J connectivity index is 2.69. The van der Waals surface area contributed by atoms with Crippen molar-refractivity contribution in [2.45, 2.75) is 27.7 Å². The van der Waals surface area contributed by atoms with E-state index in [1.165, 1.54) is 5.56 Å². The number of aryl methyl sites for hydroxylation is 4. The van der Waals surface area contributed by atoms with Crippen molar-refractivity contribution in [2.24, 2.45) is 0 Å². The van der Waals surface area contributed by atoms with Crippen LogP contribution in [0.1, 0.15) is 22.5 Å². The third-order valence-electron chi connectivity index (χ3n) is 2.62. The first-order valence-electron chi connectivity index (χ1n) is 5.29. The fourth-order valence-electron chi connectivity index (χ4n) is 2.03. The minimum absolute atomic E-state index is 0.753. The first-order chi connectivity index (χ1) is 7.49. The summed E-state index contributed by atoms with van der Waals surface area (Å²) in [6, 6.07) is 6.15. The summed E-state index contributed by atoms with van der Waals surface area (Å²) in [7, 11) is 0. The highest BCUT2D eigenvalue weighted by Crippen LogP contribution is 2.26. The molecule has 1 aromatic heterocycles. The molecule has 0 saturated heterocycles. The molecule has 0 fully saturated rings. The van der Waals surface area contributed by atoms with E-state index in [-0.39, 0.29) is 0 Å². The molecule has 1 heterocycles. The number of hydrogen-bond donors (Lipinski definition) is 0. The molecule has 0 aliphatic carbocycles. The molecule has 0 bridgehead atoms. The molecule has 3 heteroatoms. The van der Waals surface area contributed by atoms with Crippen LogP contribution in [0.25, 0.3) is 5.69 Å². The molecule has 2 nitrogen and oxygen atoms in total. The van der Waals surface area contributed by atoms with E-state index in [0.29, 0.717) is 0 Å². The number of rotatable bonds is 1. The van der Waals surface area contributed by atoms with Gasteiger partial charge in [-0.25, -0.2) is 4.68 Å². The van der Waals surface area contributed by atoms with Crippen molar-refractivity contribution >= 4 is 11.6 Å². The Hall–Kier alpha value is -1.28. The lowest BCUT2D eigenvalue weighted by Gasteiger charge is -2.11. The fraction of sp³-hybridized carbons (Fsp3) is 0.308. The SMILES string of the molecule is Cc1cc(C)c(-n2nc(C)cc2C)c(Cl)c1. The van der Waals surface area contributed by atoms with Crippen molar-refractivity contribution in [3.05, 3.63) is 45.7 Å². The number of benzene rings is 1. The summed E-state index contributed by atoms with van der Waals surface area (Å²) in [6.07, 6.45) is 0. The van der Waals surface area contributed by atoms with E-state index in [1.54, 1.807) is 0 Å². The predicted octanol–water partition coefficient (Wildman–Crippen LogP) is 3.76. The van der Waals surface area contributed by atoms with Gasteiger partial charge >= 0.3 is 0 Å². The van der Waals surface area contributed by atoms with E-state index in [2.05, 4.69) is 24.2 Å². The summed E-state index contributed by atoms with van der Waals surface area (Å²) >= 11 is 6.29. The third-order valence-corrected chi connectivity index (χ3v) is 2.91. The molecule has 0 saturated carbocycles. The molecule has 0 unspecified atom stereocenters. The molecule has 0 radical (unpaired) electrons.